The van der Waals surface area contributed by atoms with Crippen molar-refractivity contribution in [2.24, 2.45) is 0 Å². The van der Waals surface area contributed by atoms with Crippen LogP contribution in [0.4, 0.5) is 0 Å². The molecule has 1 aromatic heterocycles. The molecule has 1 heterocycles. The molecule has 0 spiro atoms. The van der Waals surface area contributed by atoms with Crippen molar-refractivity contribution in [3.8, 4) is 10.6 Å². The van der Waals surface area contributed by atoms with E-state index in [9.17, 15) is 0 Å². The largest absolute Gasteiger partial charge is 0.311 e. The Hall–Kier alpha value is -1.19. The third-order valence-electron chi connectivity index (χ3n) is 2.72. The second-order valence-corrected chi connectivity index (χ2v) is 4.83. The fourth-order valence-electron chi connectivity index (χ4n) is 1.66. The summed E-state index contributed by atoms with van der Waals surface area (Å²) in [4.78, 5) is 4.63. The van der Waals surface area contributed by atoms with Crippen LogP contribution in [0.1, 0.15) is 25.1 Å². The zero-order chi connectivity index (χ0) is 12.1. The van der Waals surface area contributed by atoms with Gasteiger partial charge in [-0.05, 0) is 18.5 Å². The van der Waals surface area contributed by atoms with Crippen molar-refractivity contribution in [1.82, 2.24) is 10.3 Å². The fourth-order valence-corrected chi connectivity index (χ4v) is 2.48. The SMILES string of the molecule is CCNCc1csc(-c2ccc(CC)cc2)n1. The standard InChI is InChI=1S/C14H18N2S/c1-3-11-5-7-12(8-6-11)14-16-13(10-17-14)9-15-4-2/h5-8,10,15H,3-4,9H2,1-2H3. The topological polar surface area (TPSA) is 24.9 Å². The molecule has 17 heavy (non-hydrogen) atoms. The molecule has 0 aliphatic carbocycles. The van der Waals surface area contributed by atoms with Crippen molar-refractivity contribution in [2.75, 3.05) is 6.54 Å². The average Bonchev–Trinajstić information content (AvgIpc) is 2.85. The monoisotopic (exact) mass is 246 g/mol. The maximum absolute atomic E-state index is 4.63. The van der Waals surface area contributed by atoms with E-state index in [2.05, 4.69) is 53.8 Å². The Bertz CT molecular complexity index is 459. The van der Waals surface area contributed by atoms with Gasteiger partial charge in [0.15, 0.2) is 0 Å². The molecule has 0 unspecified atom stereocenters. The van der Waals surface area contributed by atoms with E-state index < -0.39 is 0 Å². The van der Waals surface area contributed by atoms with E-state index in [-0.39, 0.29) is 0 Å². The highest BCUT2D eigenvalue weighted by molar-refractivity contribution is 7.13. The number of benzene rings is 1. The van der Waals surface area contributed by atoms with Gasteiger partial charge in [0.1, 0.15) is 5.01 Å². The van der Waals surface area contributed by atoms with Gasteiger partial charge in [-0.15, -0.1) is 11.3 Å². The van der Waals surface area contributed by atoms with E-state index in [1.165, 1.54) is 11.1 Å². The van der Waals surface area contributed by atoms with E-state index in [1.807, 2.05) is 0 Å². The Morgan fingerprint density at radius 2 is 1.94 bits per heavy atom. The Labute approximate surface area is 107 Å². The molecule has 0 atom stereocenters. The first kappa shape index (κ1) is 12.3. The summed E-state index contributed by atoms with van der Waals surface area (Å²) >= 11 is 1.72. The highest BCUT2D eigenvalue weighted by atomic mass is 32.1. The summed E-state index contributed by atoms with van der Waals surface area (Å²) in [7, 11) is 0. The summed E-state index contributed by atoms with van der Waals surface area (Å²) in [6.45, 7) is 6.13. The normalized spacial score (nSPS) is 10.7. The number of rotatable bonds is 5. The van der Waals surface area contributed by atoms with Crippen molar-refractivity contribution < 1.29 is 0 Å². The van der Waals surface area contributed by atoms with Gasteiger partial charge in [0.05, 0.1) is 5.69 Å². The van der Waals surface area contributed by atoms with Crippen LogP contribution in [-0.4, -0.2) is 11.5 Å². The molecule has 2 rings (SSSR count). The van der Waals surface area contributed by atoms with Gasteiger partial charge in [0.2, 0.25) is 0 Å². The molecule has 90 valence electrons. The van der Waals surface area contributed by atoms with Gasteiger partial charge in [-0.25, -0.2) is 4.98 Å². The minimum Gasteiger partial charge on any atom is -0.311 e. The van der Waals surface area contributed by atoms with Gasteiger partial charge in [0.25, 0.3) is 0 Å². The summed E-state index contributed by atoms with van der Waals surface area (Å²) in [6, 6.07) is 8.69. The molecule has 0 saturated carbocycles. The second kappa shape index (κ2) is 5.94. The predicted octanol–water partition coefficient (Wildman–Crippen LogP) is 3.48. The number of thiazole rings is 1. The Morgan fingerprint density at radius 1 is 1.18 bits per heavy atom. The van der Waals surface area contributed by atoms with E-state index in [4.69, 9.17) is 0 Å². The highest BCUT2D eigenvalue weighted by Crippen LogP contribution is 2.24. The van der Waals surface area contributed by atoms with Crippen molar-refractivity contribution in [3.63, 3.8) is 0 Å². The maximum Gasteiger partial charge on any atom is 0.123 e. The predicted molar refractivity (Wildman–Crippen MR) is 74.3 cm³/mol. The Kier molecular flexibility index (Phi) is 4.29. The van der Waals surface area contributed by atoms with Crippen LogP contribution in [0.5, 0.6) is 0 Å². The van der Waals surface area contributed by atoms with Crippen LogP contribution in [0.3, 0.4) is 0 Å². The van der Waals surface area contributed by atoms with Crippen LogP contribution >= 0.6 is 11.3 Å². The smallest absolute Gasteiger partial charge is 0.123 e. The minimum absolute atomic E-state index is 0.861. The number of hydrogen-bond acceptors (Lipinski definition) is 3. The van der Waals surface area contributed by atoms with Gasteiger partial charge in [-0.1, -0.05) is 38.1 Å². The molecule has 2 aromatic rings. The molecular weight excluding hydrogens is 228 g/mol. The molecule has 0 aliphatic heterocycles. The van der Waals surface area contributed by atoms with Crippen LogP contribution in [0, 0.1) is 0 Å². The third kappa shape index (κ3) is 3.14. The maximum atomic E-state index is 4.63. The lowest BCUT2D eigenvalue weighted by Gasteiger charge is -1.99. The first-order chi connectivity index (χ1) is 8.33. The molecule has 0 bridgehead atoms. The number of nitrogens with one attached hydrogen (secondary N) is 1. The van der Waals surface area contributed by atoms with E-state index in [0.717, 1.165) is 30.2 Å². The van der Waals surface area contributed by atoms with Gasteiger partial charge < -0.3 is 5.32 Å². The summed E-state index contributed by atoms with van der Waals surface area (Å²) in [5, 5.41) is 6.53. The minimum atomic E-state index is 0.861. The van der Waals surface area contributed by atoms with E-state index >= 15 is 0 Å². The Morgan fingerprint density at radius 3 is 2.59 bits per heavy atom. The zero-order valence-corrected chi connectivity index (χ0v) is 11.2. The number of nitrogens with zero attached hydrogens (tertiary/aromatic N) is 1. The molecule has 0 amide bonds. The molecule has 0 saturated heterocycles. The van der Waals surface area contributed by atoms with Crippen molar-refractivity contribution in [2.45, 2.75) is 26.8 Å². The average molecular weight is 246 g/mol. The number of aromatic nitrogens is 1. The van der Waals surface area contributed by atoms with Gasteiger partial charge in [-0.3, -0.25) is 0 Å². The van der Waals surface area contributed by atoms with Crippen LogP contribution in [-0.2, 0) is 13.0 Å². The first-order valence-electron chi connectivity index (χ1n) is 6.08. The van der Waals surface area contributed by atoms with Gasteiger partial charge >= 0.3 is 0 Å². The summed E-state index contributed by atoms with van der Waals surface area (Å²) in [6.07, 6.45) is 1.09. The van der Waals surface area contributed by atoms with Crippen LogP contribution in [0.25, 0.3) is 10.6 Å². The van der Waals surface area contributed by atoms with Crippen molar-refractivity contribution >= 4 is 11.3 Å². The molecular formula is C14H18N2S. The van der Waals surface area contributed by atoms with Crippen molar-refractivity contribution in [3.05, 3.63) is 40.9 Å². The molecule has 0 radical (unpaired) electrons. The van der Waals surface area contributed by atoms with Crippen LogP contribution in [0.2, 0.25) is 0 Å². The number of hydrogen-bond donors (Lipinski definition) is 1. The summed E-state index contributed by atoms with van der Waals surface area (Å²) < 4.78 is 0. The van der Waals surface area contributed by atoms with E-state index in [1.54, 1.807) is 11.3 Å². The van der Waals surface area contributed by atoms with Gasteiger partial charge in [-0.2, -0.15) is 0 Å². The molecule has 1 N–H and O–H groups in total. The van der Waals surface area contributed by atoms with Gasteiger partial charge in [0, 0.05) is 17.5 Å². The van der Waals surface area contributed by atoms with Crippen LogP contribution in [0.15, 0.2) is 29.6 Å². The lowest BCUT2D eigenvalue weighted by molar-refractivity contribution is 0.715. The molecule has 2 nitrogen and oxygen atoms in total. The molecule has 3 heteroatoms. The molecule has 0 fully saturated rings. The summed E-state index contributed by atoms with van der Waals surface area (Å²) in [5.74, 6) is 0. The van der Waals surface area contributed by atoms with Crippen molar-refractivity contribution in [1.29, 1.82) is 0 Å². The first-order valence-corrected chi connectivity index (χ1v) is 6.96. The lowest BCUT2D eigenvalue weighted by atomic mass is 10.1. The van der Waals surface area contributed by atoms with Crippen LogP contribution < -0.4 is 5.32 Å². The lowest BCUT2D eigenvalue weighted by Crippen LogP contribution is -2.11. The fraction of sp³-hybridized carbons (Fsp3) is 0.357. The zero-order valence-electron chi connectivity index (χ0n) is 10.4. The molecule has 1 aromatic carbocycles. The highest BCUT2D eigenvalue weighted by Gasteiger charge is 2.04. The quantitative estimate of drug-likeness (QED) is 0.873. The number of aryl methyl sites for hydroxylation is 1. The third-order valence-corrected chi connectivity index (χ3v) is 3.66. The molecule has 0 aliphatic rings. The summed E-state index contributed by atoms with van der Waals surface area (Å²) in [5.41, 5.74) is 3.72. The Balaban J connectivity index is 2.12. The second-order valence-electron chi connectivity index (χ2n) is 3.97. The van der Waals surface area contributed by atoms with E-state index in [0.29, 0.717) is 0 Å².